The smallest absolute Gasteiger partial charge is 0.0900 e. The standard InChI is InChI=1S/C13H28N2O2/c1-4-14-11(2)12-5-7-15(8-6-12)9-13(16)10-17-3/h11-14,16H,4-10H2,1-3H3. The normalized spacial score (nSPS) is 22.6. The summed E-state index contributed by atoms with van der Waals surface area (Å²) in [6, 6.07) is 0.617. The Morgan fingerprint density at radius 3 is 2.59 bits per heavy atom. The molecule has 0 aromatic rings. The molecule has 4 nitrogen and oxygen atoms in total. The van der Waals surface area contributed by atoms with Gasteiger partial charge in [0, 0.05) is 19.7 Å². The van der Waals surface area contributed by atoms with Crippen molar-refractivity contribution >= 4 is 0 Å². The second-order valence-electron chi connectivity index (χ2n) is 5.09. The molecule has 2 unspecified atom stereocenters. The molecular weight excluding hydrogens is 216 g/mol. The van der Waals surface area contributed by atoms with Crippen LogP contribution in [-0.2, 0) is 4.74 Å². The number of hydrogen-bond donors (Lipinski definition) is 2. The monoisotopic (exact) mass is 244 g/mol. The molecule has 1 fully saturated rings. The molecule has 0 aromatic carbocycles. The van der Waals surface area contributed by atoms with E-state index in [0.29, 0.717) is 12.6 Å². The molecule has 1 saturated heterocycles. The molecule has 0 aromatic heterocycles. The first-order chi connectivity index (χ1) is 8.17. The maximum Gasteiger partial charge on any atom is 0.0900 e. The highest BCUT2D eigenvalue weighted by Crippen LogP contribution is 2.20. The summed E-state index contributed by atoms with van der Waals surface area (Å²) in [5.74, 6) is 0.783. The summed E-state index contributed by atoms with van der Waals surface area (Å²) < 4.78 is 4.95. The minimum atomic E-state index is -0.345. The zero-order valence-corrected chi connectivity index (χ0v) is 11.5. The second-order valence-corrected chi connectivity index (χ2v) is 5.09. The van der Waals surface area contributed by atoms with Crippen molar-refractivity contribution in [3.05, 3.63) is 0 Å². The number of aliphatic hydroxyl groups excluding tert-OH is 1. The van der Waals surface area contributed by atoms with E-state index in [1.165, 1.54) is 12.8 Å². The zero-order chi connectivity index (χ0) is 12.7. The number of methoxy groups -OCH3 is 1. The van der Waals surface area contributed by atoms with E-state index >= 15 is 0 Å². The third-order valence-corrected chi connectivity index (χ3v) is 3.69. The Bertz CT molecular complexity index is 194. The summed E-state index contributed by atoms with van der Waals surface area (Å²) in [4.78, 5) is 2.35. The molecule has 0 spiro atoms. The van der Waals surface area contributed by atoms with E-state index in [9.17, 15) is 5.11 Å². The Morgan fingerprint density at radius 1 is 1.41 bits per heavy atom. The maximum absolute atomic E-state index is 9.68. The Kier molecular flexibility index (Phi) is 7.04. The molecule has 102 valence electrons. The highest BCUT2D eigenvalue weighted by Gasteiger charge is 2.24. The molecule has 1 heterocycles. The summed E-state index contributed by atoms with van der Waals surface area (Å²) in [6.07, 6.45) is 2.12. The number of β-amino-alcohol motifs (C(OH)–C–C–N with tert-alkyl or cyclic N) is 1. The first-order valence-corrected chi connectivity index (χ1v) is 6.80. The zero-order valence-electron chi connectivity index (χ0n) is 11.5. The van der Waals surface area contributed by atoms with Crippen molar-refractivity contribution in [3.8, 4) is 0 Å². The van der Waals surface area contributed by atoms with Gasteiger partial charge in [-0.3, -0.25) is 0 Å². The van der Waals surface area contributed by atoms with E-state index in [1.54, 1.807) is 7.11 Å². The Balaban J connectivity index is 2.21. The number of rotatable bonds is 7. The molecule has 0 bridgehead atoms. The van der Waals surface area contributed by atoms with Gasteiger partial charge in [0.1, 0.15) is 0 Å². The average molecular weight is 244 g/mol. The number of likely N-dealkylation sites (tertiary alicyclic amines) is 1. The van der Waals surface area contributed by atoms with Gasteiger partial charge in [-0.05, 0) is 45.3 Å². The lowest BCUT2D eigenvalue weighted by molar-refractivity contribution is 0.0276. The quantitative estimate of drug-likeness (QED) is 0.692. The molecule has 17 heavy (non-hydrogen) atoms. The van der Waals surface area contributed by atoms with Crippen LogP contribution in [0.5, 0.6) is 0 Å². The lowest BCUT2D eigenvalue weighted by Gasteiger charge is -2.35. The van der Waals surface area contributed by atoms with Gasteiger partial charge in [0.2, 0.25) is 0 Å². The van der Waals surface area contributed by atoms with Gasteiger partial charge < -0.3 is 20.1 Å². The number of aliphatic hydroxyl groups is 1. The highest BCUT2D eigenvalue weighted by atomic mass is 16.5. The van der Waals surface area contributed by atoms with Crippen molar-refractivity contribution < 1.29 is 9.84 Å². The van der Waals surface area contributed by atoms with Crippen molar-refractivity contribution in [2.45, 2.75) is 38.8 Å². The van der Waals surface area contributed by atoms with Crippen molar-refractivity contribution in [2.24, 2.45) is 5.92 Å². The van der Waals surface area contributed by atoms with Crippen molar-refractivity contribution in [2.75, 3.05) is 39.9 Å². The fourth-order valence-corrected chi connectivity index (χ4v) is 2.67. The van der Waals surface area contributed by atoms with Crippen LogP contribution in [0.1, 0.15) is 26.7 Å². The first-order valence-electron chi connectivity index (χ1n) is 6.80. The predicted molar refractivity (Wildman–Crippen MR) is 70.2 cm³/mol. The van der Waals surface area contributed by atoms with Crippen LogP contribution in [0.25, 0.3) is 0 Å². The number of nitrogens with zero attached hydrogens (tertiary/aromatic N) is 1. The SMILES string of the molecule is CCNC(C)C1CCN(CC(O)COC)CC1. The fourth-order valence-electron chi connectivity index (χ4n) is 2.67. The largest absolute Gasteiger partial charge is 0.389 e. The van der Waals surface area contributed by atoms with Crippen LogP contribution < -0.4 is 5.32 Å². The van der Waals surface area contributed by atoms with Crippen LogP contribution in [0.4, 0.5) is 0 Å². The first kappa shape index (κ1) is 14.9. The predicted octanol–water partition coefficient (Wildman–Crippen LogP) is 0.704. The topological polar surface area (TPSA) is 44.7 Å². The second kappa shape index (κ2) is 8.03. The van der Waals surface area contributed by atoms with Gasteiger partial charge in [0.25, 0.3) is 0 Å². The highest BCUT2D eigenvalue weighted by molar-refractivity contribution is 4.80. The Morgan fingerprint density at radius 2 is 2.06 bits per heavy atom. The van der Waals surface area contributed by atoms with Gasteiger partial charge in [0.05, 0.1) is 12.7 Å². The molecule has 0 saturated carbocycles. The van der Waals surface area contributed by atoms with E-state index in [-0.39, 0.29) is 6.10 Å². The lowest BCUT2D eigenvalue weighted by Crippen LogP contribution is -2.44. The Labute approximate surface area is 105 Å². The van der Waals surface area contributed by atoms with Crippen molar-refractivity contribution in [1.29, 1.82) is 0 Å². The number of piperidine rings is 1. The molecule has 0 amide bonds. The van der Waals surface area contributed by atoms with Gasteiger partial charge >= 0.3 is 0 Å². The molecule has 0 aliphatic carbocycles. The third-order valence-electron chi connectivity index (χ3n) is 3.69. The Hall–Kier alpha value is -0.160. The van der Waals surface area contributed by atoms with E-state index in [4.69, 9.17) is 4.74 Å². The van der Waals surface area contributed by atoms with E-state index in [0.717, 1.165) is 32.1 Å². The van der Waals surface area contributed by atoms with Crippen LogP contribution in [0.3, 0.4) is 0 Å². The summed E-state index contributed by atoms with van der Waals surface area (Å²) in [5.41, 5.74) is 0. The molecule has 2 N–H and O–H groups in total. The van der Waals surface area contributed by atoms with Crippen LogP contribution in [0.15, 0.2) is 0 Å². The minimum Gasteiger partial charge on any atom is -0.389 e. The maximum atomic E-state index is 9.68. The lowest BCUT2D eigenvalue weighted by atomic mass is 9.90. The molecule has 1 aliphatic heterocycles. The van der Waals surface area contributed by atoms with Crippen LogP contribution >= 0.6 is 0 Å². The average Bonchev–Trinajstić information content (AvgIpc) is 2.30. The van der Waals surface area contributed by atoms with Gasteiger partial charge in [-0.15, -0.1) is 0 Å². The van der Waals surface area contributed by atoms with E-state index in [1.807, 2.05) is 0 Å². The third kappa shape index (κ3) is 5.34. The summed E-state index contributed by atoms with van der Waals surface area (Å²) in [6.45, 7) is 8.87. The molecule has 0 radical (unpaired) electrons. The fraction of sp³-hybridized carbons (Fsp3) is 1.00. The van der Waals surface area contributed by atoms with Crippen LogP contribution in [0.2, 0.25) is 0 Å². The number of ether oxygens (including phenoxy) is 1. The van der Waals surface area contributed by atoms with Gasteiger partial charge in [-0.1, -0.05) is 6.92 Å². The number of nitrogens with one attached hydrogen (secondary N) is 1. The van der Waals surface area contributed by atoms with Crippen molar-refractivity contribution in [3.63, 3.8) is 0 Å². The van der Waals surface area contributed by atoms with Crippen molar-refractivity contribution in [1.82, 2.24) is 10.2 Å². The summed E-state index contributed by atoms with van der Waals surface area (Å²) >= 11 is 0. The molecule has 1 aliphatic rings. The summed E-state index contributed by atoms with van der Waals surface area (Å²) in [5, 5.41) is 13.2. The van der Waals surface area contributed by atoms with Gasteiger partial charge in [-0.2, -0.15) is 0 Å². The van der Waals surface area contributed by atoms with Crippen LogP contribution in [-0.4, -0.2) is 62.0 Å². The molecule has 1 rings (SSSR count). The molecule has 4 heteroatoms. The summed E-state index contributed by atoms with van der Waals surface area (Å²) in [7, 11) is 1.63. The van der Waals surface area contributed by atoms with Crippen LogP contribution in [0, 0.1) is 5.92 Å². The minimum absolute atomic E-state index is 0.345. The van der Waals surface area contributed by atoms with E-state index < -0.39 is 0 Å². The molecule has 2 atom stereocenters. The van der Waals surface area contributed by atoms with E-state index in [2.05, 4.69) is 24.1 Å². The molecular formula is C13H28N2O2. The number of hydrogen-bond acceptors (Lipinski definition) is 4. The van der Waals surface area contributed by atoms with Gasteiger partial charge in [0.15, 0.2) is 0 Å². The van der Waals surface area contributed by atoms with Gasteiger partial charge in [-0.25, -0.2) is 0 Å².